The van der Waals surface area contributed by atoms with Crippen LogP contribution in [0.4, 0.5) is 10.1 Å². The van der Waals surface area contributed by atoms with Crippen LogP contribution in [0.5, 0.6) is 11.5 Å². The van der Waals surface area contributed by atoms with Gasteiger partial charge in [0.25, 0.3) is 5.91 Å². The number of allylic oxidation sites excluding steroid dienone is 1. The SMILES string of the molecule is C/C=C/c1ccc(OCC(=O)N2CCN(CC(=O)Nc3ccc(F)cc3)CC2)c(OC)c1. The molecule has 0 atom stereocenters. The molecular weight excluding hydrogens is 413 g/mol. The fraction of sp³-hybridized carbons (Fsp3) is 0.333. The summed E-state index contributed by atoms with van der Waals surface area (Å²) in [6.07, 6.45) is 3.89. The zero-order valence-electron chi connectivity index (χ0n) is 18.3. The summed E-state index contributed by atoms with van der Waals surface area (Å²) < 4.78 is 24.0. The van der Waals surface area contributed by atoms with Crippen molar-refractivity contribution in [1.29, 1.82) is 0 Å². The first kappa shape index (κ1) is 23.3. The van der Waals surface area contributed by atoms with E-state index in [1.165, 1.54) is 24.3 Å². The summed E-state index contributed by atoms with van der Waals surface area (Å²) in [6.45, 7) is 4.28. The Morgan fingerprint density at radius 2 is 1.78 bits per heavy atom. The predicted molar refractivity (Wildman–Crippen MR) is 121 cm³/mol. The van der Waals surface area contributed by atoms with E-state index < -0.39 is 0 Å². The highest BCUT2D eigenvalue weighted by Gasteiger charge is 2.23. The number of ether oxygens (including phenoxy) is 2. The van der Waals surface area contributed by atoms with Gasteiger partial charge in [0.2, 0.25) is 5.91 Å². The molecule has 8 heteroatoms. The van der Waals surface area contributed by atoms with Crippen LogP contribution in [0.1, 0.15) is 12.5 Å². The Hall–Kier alpha value is -3.39. The van der Waals surface area contributed by atoms with Crippen LogP contribution in [0.25, 0.3) is 6.08 Å². The zero-order valence-corrected chi connectivity index (χ0v) is 18.3. The number of benzene rings is 2. The number of nitrogens with one attached hydrogen (secondary N) is 1. The number of carbonyl (C=O) groups is 2. The van der Waals surface area contributed by atoms with E-state index in [0.717, 1.165) is 5.56 Å². The van der Waals surface area contributed by atoms with Crippen LogP contribution in [-0.2, 0) is 9.59 Å². The molecule has 1 heterocycles. The quantitative estimate of drug-likeness (QED) is 0.682. The van der Waals surface area contributed by atoms with Crippen molar-refractivity contribution in [2.24, 2.45) is 0 Å². The van der Waals surface area contributed by atoms with Gasteiger partial charge in [0, 0.05) is 31.9 Å². The fourth-order valence-electron chi connectivity index (χ4n) is 3.42. The molecule has 1 aliphatic heterocycles. The Balaban J connectivity index is 1.43. The van der Waals surface area contributed by atoms with Crippen LogP contribution >= 0.6 is 0 Å². The van der Waals surface area contributed by atoms with Crippen molar-refractivity contribution in [3.05, 3.63) is 59.9 Å². The molecule has 0 aliphatic carbocycles. The van der Waals surface area contributed by atoms with E-state index in [9.17, 15) is 14.0 Å². The molecule has 1 fully saturated rings. The average Bonchev–Trinajstić information content (AvgIpc) is 2.80. The third-order valence-corrected chi connectivity index (χ3v) is 5.12. The minimum atomic E-state index is -0.350. The van der Waals surface area contributed by atoms with E-state index in [2.05, 4.69) is 5.32 Å². The monoisotopic (exact) mass is 441 g/mol. The van der Waals surface area contributed by atoms with Gasteiger partial charge >= 0.3 is 0 Å². The predicted octanol–water partition coefficient (Wildman–Crippen LogP) is 3.03. The highest BCUT2D eigenvalue weighted by atomic mass is 19.1. The first-order valence-electron chi connectivity index (χ1n) is 10.5. The number of halogens is 1. The second kappa shape index (κ2) is 11.3. The van der Waals surface area contributed by atoms with E-state index in [1.54, 1.807) is 18.1 Å². The molecule has 1 aliphatic rings. The average molecular weight is 442 g/mol. The number of rotatable bonds is 8. The highest BCUT2D eigenvalue weighted by molar-refractivity contribution is 5.92. The number of hydrogen-bond donors (Lipinski definition) is 1. The first-order valence-corrected chi connectivity index (χ1v) is 10.5. The minimum absolute atomic E-state index is 0.0790. The van der Waals surface area contributed by atoms with Crippen LogP contribution in [-0.4, -0.2) is 68.1 Å². The fourth-order valence-corrected chi connectivity index (χ4v) is 3.42. The van der Waals surface area contributed by atoms with Gasteiger partial charge in [0.1, 0.15) is 5.82 Å². The number of piperazine rings is 1. The van der Waals surface area contributed by atoms with Gasteiger partial charge in [0.15, 0.2) is 18.1 Å². The standard InChI is InChI=1S/C24H28FN3O4/c1-3-4-18-5-10-21(22(15-18)31-2)32-17-24(30)28-13-11-27(12-14-28)16-23(29)26-20-8-6-19(25)7-9-20/h3-10,15H,11-14,16-17H2,1-2H3,(H,26,29)/b4-3+. The van der Waals surface area contributed by atoms with Gasteiger partial charge in [-0.1, -0.05) is 18.2 Å². The molecule has 0 unspecified atom stereocenters. The molecule has 0 bridgehead atoms. The molecule has 0 spiro atoms. The second-order valence-electron chi connectivity index (χ2n) is 7.41. The van der Waals surface area contributed by atoms with Gasteiger partial charge in [-0.25, -0.2) is 4.39 Å². The Bertz CT molecular complexity index is 954. The lowest BCUT2D eigenvalue weighted by Gasteiger charge is -2.34. The Morgan fingerprint density at radius 1 is 1.06 bits per heavy atom. The van der Waals surface area contributed by atoms with Crippen molar-refractivity contribution in [1.82, 2.24) is 9.80 Å². The van der Waals surface area contributed by atoms with Gasteiger partial charge in [-0.2, -0.15) is 0 Å². The lowest BCUT2D eigenvalue weighted by Crippen LogP contribution is -2.51. The van der Waals surface area contributed by atoms with Crippen molar-refractivity contribution in [3.63, 3.8) is 0 Å². The number of anilines is 1. The summed E-state index contributed by atoms with van der Waals surface area (Å²) in [7, 11) is 1.56. The summed E-state index contributed by atoms with van der Waals surface area (Å²) in [5.74, 6) is 0.459. The summed E-state index contributed by atoms with van der Waals surface area (Å²) in [4.78, 5) is 28.5. The van der Waals surface area contributed by atoms with Crippen molar-refractivity contribution in [2.45, 2.75) is 6.92 Å². The molecular formula is C24H28FN3O4. The normalized spacial score (nSPS) is 14.4. The van der Waals surface area contributed by atoms with Crippen LogP contribution in [0, 0.1) is 5.82 Å². The molecule has 0 saturated carbocycles. The van der Waals surface area contributed by atoms with Gasteiger partial charge < -0.3 is 19.7 Å². The maximum atomic E-state index is 13.0. The van der Waals surface area contributed by atoms with Gasteiger partial charge in [-0.15, -0.1) is 0 Å². The highest BCUT2D eigenvalue weighted by Crippen LogP contribution is 2.28. The van der Waals surface area contributed by atoms with E-state index in [0.29, 0.717) is 43.4 Å². The molecule has 2 aromatic rings. The third kappa shape index (κ3) is 6.55. The van der Waals surface area contributed by atoms with E-state index in [-0.39, 0.29) is 30.8 Å². The number of carbonyl (C=O) groups excluding carboxylic acids is 2. The van der Waals surface area contributed by atoms with Crippen molar-refractivity contribution in [3.8, 4) is 11.5 Å². The number of nitrogens with zero attached hydrogens (tertiary/aromatic N) is 2. The lowest BCUT2D eigenvalue weighted by molar-refractivity contribution is -0.135. The molecule has 170 valence electrons. The van der Waals surface area contributed by atoms with Gasteiger partial charge in [0.05, 0.1) is 13.7 Å². The summed E-state index contributed by atoms with van der Waals surface area (Å²) in [5.41, 5.74) is 1.54. The molecule has 0 radical (unpaired) electrons. The van der Waals surface area contributed by atoms with E-state index in [1.807, 2.05) is 36.1 Å². The summed E-state index contributed by atoms with van der Waals surface area (Å²) >= 11 is 0. The van der Waals surface area contributed by atoms with Crippen LogP contribution in [0.2, 0.25) is 0 Å². The lowest BCUT2D eigenvalue weighted by atomic mass is 10.2. The number of amides is 2. The van der Waals surface area contributed by atoms with Crippen LogP contribution < -0.4 is 14.8 Å². The molecule has 7 nitrogen and oxygen atoms in total. The topological polar surface area (TPSA) is 71.1 Å². The Labute approximate surface area is 187 Å². The summed E-state index contributed by atoms with van der Waals surface area (Å²) in [5, 5.41) is 2.75. The van der Waals surface area contributed by atoms with Gasteiger partial charge in [-0.3, -0.25) is 14.5 Å². The van der Waals surface area contributed by atoms with Crippen molar-refractivity contribution >= 4 is 23.6 Å². The van der Waals surface area contributed by atoms with Crippen molar-refractivity contribution in [2.75, 3.05) is 51.8 Å². The van der Waals surface area contributed by atoms with Crippen molar-refractivity contribution < 1.29 is 23.5 Å². The number of hydrogen-bond acceptors (Lipinski definition) is 5. The Morgan fingerprint density at radius 3 is 2.44 bits per heavy atom. The third-order valence-electron chi connectivity index (χ3n) is 5.12. The molecule has 3 rings (SSSR count). The summed E-state index contributed by atoms with van der Waals surface area (Å²) in [6, 6.07) is 11.2. The maximum Gasteiger partial charge on any atom is 0.260 e. The minimum Gasteiger partial charge on any atom is -0.493 e. The largest absolute Gasteiger partial charge is 0.493 e. The molecule has 1 N–H and O–H groups in total. The zero-order chi connectivity index (χ0) is 22.9. The first-order chi connectivity index (χ1) is 15.5. The van der Waals surface area contributed by atoms with Gasteiger partial charge in [-0.05, 0) is 48.9 Å². The molecule has 1 saturated heterocycles. The van der Waals surface area contributed by atoms with Crippen LogP contribution in [0.3, 0.4) is 0 Å². The second-order valence-corrected chi connectivity index (χ2v) is 7.41. The molecule has 0 aromatic heterocycles. The van der Waals surface area contributed by atoms with Crippen LogP contribution in [0.15, 0.2) is 48.5 Å². The van der Waals surface area contributed by atoms with E-state index >= 15 is 0 Å². The number of methoxy groups -OCH3 is 1. The Kier molecular flexibility index (Phi) is 8.21. The molecule has 2 amide bonds. The smallest absolute Gasteiger partial charge is 0.260 e. The maximum absolute atomic E-state index is 13.0. The molecule has 32 heavy (non-hydrogen) atoms. The molecule has 2 aromatic carbocycles. The van der Waals surface area contributed by atoms with E-state index in [4.69, 9.17) is 9.47 Å².